The SMILES string of the molecule is O=C(c1ccc2[nH]c3c(c2c1)CCCc1cn[nH]c1-3)N1CCC(O)(c2cccc(C(F)(F)F)c2)CC1.O=S(=O)(O)O. The highest BCUT2D eigenvalue weighted by Crippen LogP contribution is 2.38. The maximum atomic E-state index is 13.4. The van der Waals surface area contributed by atoms with Gasteiger partial charge >= 0.3 is 16.6 Å². The van der Waals surface area contributed by atoms with Crippen LogP contribution in [0.3, 0.4) is 0 Å². The average molecular weight is 593 g/mol. The van der Waals surface area contributed by atoms with Crippen molar-refractivity contribution in [3.05, 3.63) is 76.5 Å². The standard InChI is InChI=1S/C27H25F3N4O2.H2O4S/c28-27(29,30)19-5-2-4-18(14-19)26(36)9-11-34(12-10-26)25(35)16-7-8-22-21(13-16)20-6-1-3-17-15-31-33-23(17)24(20)32-22;1-5(2,3)4/h2,4-5,7-8,13-15,32,36H,1,3,6,9-12H2,(H,31,33);(H2,1,2,3,4). The quantitative estimate of drug-likeness (QED) is 0.214. The van der Waals surface area contributed by atoms with Gasteiger partial charge in [0.05, 0.1) is 28.7 Å². The van der Waals surface area contributed by atoms with Gasteiger partial charge in [0.1, 0.15) is 0 Å². The lowest BCUT2D eigenvalue weighted by Gasteiger charge is -2.38. The Balaban J connectivity index is 0.000000623. The number of nitrogens with zero attached hydrogens (tertiary/aromatic N) is 2. The molecule has 41 heavy (non-hydrogen) atoms. The number of benzene rings is 2. The lowest BCUT2D eigenvalue weighted by atomic mass is 9.83. The summed E-state index contributed by atoms with van der Waals surface area (Å²) < 4.78 is 71.0. The summed E-state index contributed by atoms with van der Waals surface area (Å²) in [5.41, 5.74) is 3.92. The molecule has 2 aromatic heterocycles. The van der Waals surface area contributed by atoms with E-state index < -0.39 is 27.7 Å². The maximum absolute atomic E-state index is 13.4. The van der Waals surface area contributed by atoms with Crippen LogP contribution < -0.4 is 0 Å². The number of carbonyl (C=O) groups excluding carboxylic acids is 1. The van der Waals surface area contributed by atoms with Gasteiger partial charge < -0.3 is 15.0 Å². The molecule has 1 aliphatic carbocycles. The smallest absolute Gasteiger partial charge is 0.385 e. The van der Waals surface area contributed by atoms with Gasteiger partial charge in [-0.25, -0.2) is 0 Å². The van der Waals surface area contributed by atoms with Gasteiger partial charge in [0.25, 0.3) is 5.91 Å². The highest BCUT2D eigenvalue weighted by atomic mass is 32.3. The van der Waals surface area contributed by atoms with E-state index in [1.807, 2.05) is 18.3 Å². The van der Waals surface area contributed by atoms with Crippen LogP contribution in [0.1, 0.15) is 51.9 Å². The largest absolute Gasteiger partial charge is 0.416 e. The van der Waals surface area contributed by atoms with Crippen LogP contribution in [0.2, 0.25) is 0 Å². The van der Waals surface area contributed by atoms with E-state index in [-0.39, 0.29) is 37.4 Å². The minimum Gasteiger partial charge on any atom is -0.385 e. The molecule has 0 saturated carbocycles. The first kappa shape index (κ1) is 28.8. The number of nitrogens with one attached hydrogen (secondary N) is 2. The van der Waals surface area contributed by atoms with E-state index >= 15 is 0 Å². The fourth-order valence-corrected chi connectivity index (χ4v) is 5.56. The van der Waals surface area contributed by atoms with Gasteiger partial charge in [-0.1, -0.05) is 12.1 Å². The van der Waals surface area contributed by atoms with E-state index in [1.165, 1.54) is 23.3 Å². The molecule has 2 aliphatic rings. The van der Waals surface area contributed by atoms with Gasteiger partial charge in [0.15, 0.2) is 0 Å². The predicted octanol–water partition coefficient (Wildman–Crippen LogP) is 4.54. The Morgan fingerprint density at radius 1 is 1.02 bits per heavy atom. The summed E-state index contributed by atoms with van der Waals surface area (Å²) >= 11 is 0. The van der Waals surface area contributed by atoms with Crippen molar-refractivity contribution in [3.8, 4) is 11.4 Å². The molecule has 1 amide bonds. The normalized spacial score (nSPS) is 16.8. The number of aryl methyl sites for hydroxylation is 2. The summed E-state index contributed by atoms with van der Waals surface area (Å²) in [6.45, 7) is 0.513. The van der Waals surface area contributed by atoms with Crippen molar-refractivity contribution in [1.29, 1.82) is 0 Å². The number of aliphatic hydroxyl groups is 1. The molecule has 1 saturated heterocycles. The van der Waals surface area contributed by atoms with Gasteiger partial charge in [-0.15, -0.1) is 0 Å². The zero-order valence-electron chi connectivity index (χ0n) is 21.6. The van der Waals surface area contributed by atoms with Gasteiger partial charge in [-0.2, -0.15) is 26.7 Å². The highest BCUT2D eigenvalue weighted by molar-refractivity contribution is 7.79. The Kier molecular flexibility index (Phi) is 7.44. The second-order valence-electron chi connectivity index (χ2n) is 10.2. The first-order chi connectivity index (χ1) is 19.2. The summed E-state index contributed by atoms with van der Waals surface area (Å²) in [5, 5.41) is 19.4. The third kappa shape index (κ3) is 6.15. The Morgan fingerprint density at radius 3 is 2.41 bits per heavy atom. The molecule has 14 heteroatoms. The summed E-state index contributed by atoms with van der Waals surface area (Å²) in [7, 11) is -4.67. The van der Waals surface area contributed by atoms with E-state index in [1.54, 1.807) is 11.0 Å². The van der Waals surface area contributed by atoms with Gasteiger partial charge in [-0.05, 0) is 79.1 Å². The molecule has 218 valence electrons. The third-order valence-electron chi connectivity index (χ3n) is 7.60. The number of fused-ring (bicyclic) bond motifs is 5. The number of piperidine rings is 1. The van der Waals surface area contributed by atoms with Crippen LogP contribution in [-0.2, 0) is 35.0 Å². The van der Waals surface area contributed by atoms with E-state index in [2.05, 4.69) is 15.2 Å². The van der Waals surface area contributed by atoms with Gasteiger partial charge in [0, 0.05) is 29.6 Å². The third-order valence-corrected chi connectivity index (χ3v) is 7.60. The van der Waals surface area contributed by atoms with Crippen LogP contribution in [0.5, 0.6) is 0 Å². The molecular formula is C27H27F3N4O6S. The summed E-state index contributed by atoms with van der Waals surface area (Å²) in [5.74, 6) is -0.145. The Morgan fingerprint density at radius 2 is 1.73 bits per heavy atom. The molecular weight excluding hydrogens is 565 g/mol. The molecule has 3 heterocycles. The molecule has 0 spiro atoms. The Hall–Kier alpha value is -3.72. The number of amides is 1. The average Bonchev–Trinajstić information content (AvgIpc) is 3.47. The van der Waals surface area contributed by atoms with Gasteiger partial charge in [-0.3, -0.25) is 19.0 Å². The number of likely N-dealkylation sites (tertiary alicyclic amines) is 1. The highest BCUT2D eigenvalue weighted by Gasteiger charge is 2.38. The van der Waals surface area contributed by atoms with E-state index in [9.17, 15) is 23.1 Å². The van der Waals surface area contributed by atoms with Crippen LogP contribution in [0, 0.1) is 0 Å². The Bertz CT molecular complexity index is 1700. The maximum Gasteiger partial charge on any atom is 0.416 e. The fraction of sp³-hybridized carbons (Fsp3) is 0.333. The van der Waals surface area contributed by atoms with E-state index in [0.29, 0.717) is 5.56 Å². The number of carbonyl (C=O) groups is 1. The molecule has 0 bridgehead atoms. The zero-order valence-corrected chi connectivity index (χ0v) is 22.4. The lowest BCUT2D eigenvalue weighted by Crippen LogP contribution is -2.45. The van der Waals surface area contributed by atoms with Crippen molar-refractivity contribution < 1.29 is 40.6 Å². The first-order valence-electron chi connectivity index (χ1n) is 12.8. The minimum atomic E-state index is -4.67. The van der Waals surface area contributed by atoms with Crippen molar-refractivity contribution in [2.45, 2.75) is 43.9 Å². The van der Waals surface area contributed by atoms with Crippen molar-refractivity contribution in [2.75, 3.05) is 13.1 Å². The van der Waals surface area contributed by atoms with Crippen molar-refractivity contribution in [2.24, 2.45) is 0 Å². The number of hydrogen-bond donors (Lipinski definition) is 5. The van der Waals surface area contributed by atoms with Crippen LogP contribution in [0.4, 0.5) is 13.2 Å². The van der Waals surface area contributed by atoms with Crippen molar-refractivity contribution in [3.63, 3.8) is 0 Å². The zero-order chi connectivity index (χ0) is 29.6. The topological polar surface area (TPSA) is 160 Å². The number of rotatable bonds is 2. The monoisotopic (exact) mass is 592 g/mol. The minimum absolute atomic E-state index is 0.145. The molecule has 1 fully saturated rings. The molecule has 5 N–H and O–H groups in total. The molecule has 0 atom stereocenters. The predicted molar refractivity (Wildman–Crippen MR) is 143 cm³/mol. The van der Waals surface area contributed by atoms with Crippen molar-refractivity contribution in [1.82, 2.24) is 20.1 Å². The van der Waals surface area contributed by atoms with Crippen molar-refractivity contribution >= 4 is 27.2 Å². The second-order valence-corrected chi connectivity index (χ2v) is 11.1. The van der Waals surface area contributed by atoms with Gasteiger partial charge in [0.2, 0.25) is 0 Å². The molecule has 0 unspecified atom stereocenters. The number of halogens is 3. The molecule has 0 radical (unpaired) electrons. The molecule has 10 nitrogen and oxygen atoms in total. The molecule has 1 aliphatic heterocycles. The van der Waals surface area contributed by atoms with Crippen LogP contribution in [0.15, 0.2) is 48.7 Å². The molecule has 2 aromatic carbocycles. The van der Waals surface area contributed by atoms with E-state index in [0.717, 1.165) is 53.7 Å². The first-order valence-corrected chi connectivity index (χ1v) is 14.2. The Labute approximate surface area is 232 Å². The van der Waals surface area contributed by atoms with Crippen LogP contribution >= 0.6 is 0 Å². The summed E-state index contributed by atoms with van der Waals surface area (Å²) in [4.78, 5) is 18.5. The van der Waals surface area contributed by atoms with Crippen LogP contribution in [0.25, 0.3) is 22.3 Å². The lowest BCUT2D eigenvalue weighted by molar-refractivity contribution is -0.137. The number of hydrogen-bond acceptors (Lipinski definition) is 5. The number of aromatic nitrogens is 3. The van der Waals surface area contributed by atoms with Crippen LogP contribution in [-0.4, -0.2) is 61.7 Å². The number of aromatic amines is 2. The van der Waals surface area contributed by atoms with E-state index in [4.69, 9.17) is 17.5 Å². The second kappa shape index (κ2) is 10.6. The molecule has 4 aromatic rings. The molecule has 6 rings (SSSR count). The summed E-state index contributed by atoms with van der Waals surface area (Å²) in [6, 6.07) is 10.5. The fourth-order valence-electron chi connectivity index (χ4n) is 5.56. The number of H-pyrrole nitrogens is 2. The number of alkyl halides is 3. The summed E-state index contributed by atoms with van der Waals surface area (Å²) in [6.07, 6.45) is 0.555.